The molecule has 0 radical (unpaired) electrons. The minimum absolute atomic E-state index is 0.0273. The van der Waals surface area contributed by atoms with E-state index in [0.29, 0.717) is 22.2 Å². The Kier molecular flexibility index (Phi) is 6.89. The van der Waals surface area contributed by atoms with Crippen molar-refractivity contribution in [3.8, 4) is 17.2 Å². The normalized spacial score (nSPS) is 15.0. The Hall–Kier alpha value is -3.45. The van der Waals surface area contributed by atoms with E-state index in [1.807, 2.05) is 62.4 Å². The molecule has 170 valence electrons. The van der Waals surface area contributed by atoms with Gasteiger partial charge in [0.1, 0.15) is 12.4 Å². The molecule has 2 amide bonds. The van der Waals surface area contributed by atoms with Gasteiger partial charge in [0.25, 0.3) is 11.1 Å². The van der Waals surface area contributed by atoms with Gasteiger partial charge < -0.3 is 14.2 Å². The summed E-state index contributed by atoms with van der Waals surface area (Å²) in [5.41, 5.74) is 0.789. The molecule has 7 heteroatoms. The third-order valence-corrected chi connectivity index (χ3v) is 5.99. The lowest BCUT2D eigenvalue weighted by Gasteiger charge is -2.15. The maximum atomic E-state index is 13.1. The molecule has 0 spiro atoms. The van der Waals surface area contributed by atoms with E-state index in [-0.39, 0.29) is 30.4 Å². The van der Waals surface area contributed by atoms with Gasteiger partial charge in [0.15, 0.2) is 11.5 Å². The van der Waals surface area contributed by atoms with Gasteiger partial charge in [-0.3, -0.25) is 14.5 Å². The van der Waals surface area contributed by atoms with E-state index >= 15 is 0 Å². The Bertz CT molecular complexity index is 1220. The Labute approximate surface area is 197 Å². The van der Waals surface area contributed by atoms with Gasteiger partial charge in [-0.15, -0.1) is 0 Å². The molecule has 1 aliphatic rings. The van der Waals surface area contributed by atoms with E-state index < -0.39 is 0 Å². The smallest absolute Gasteiger partial charge is 0.293 e. The summed E-state index contributed by atoms with van der Waals surface area (Å²) in [6.45, 7) is 4.22. The predicted molar refractivity (Wildman–Crippen MR) is 131 cm³/mol. The Morgan fingerprint density at radius 3 is 2.42 bits per heavy atom. The molecule has 0 atom stereocenters. The van der Waals surface area contributed by atoms with Gasteiger partial charge in [-0.05, 0) is 60.7 Å². The van der Waals surface area contributed by atoms with E-state index in [1.54, 1.807) is 25.3 Å². The summed E-state index contributed by atoms with van der Waals surface area (Å²) in [5.74, 6) is 1.50. The van der Waals surface area contributed by atoms with Crippen molar-refractivity contribution in [2.75, 3.05) is 20.3 Å². The highest BCUT2D eigenvalue weighted by Crippen LogP contribution is 2.37. The number of thioether (sulfide) groups is 1. The van der Waals surface area contributed by atoms with E-state index in [1.165, 1.54) is 4.90 Å². The van der Waals surface area contributed by atoms with Crippen molar-refractivity contribution < 1.29 is 23.8 Å². The number of amides is 2. The first kappa shape index (κ1) is 22.7. The van der Waals surface area contributed by atoms with Gasteiger partial charge in [-0.1, -0.05) is 42.5 Å². The zero-order valence-electron chi connectivity index (χ0n) is 18.7. The zero-order valence-corrected chi connectivity index (χ0v) is 19.6. The molecule has 6 nitrogen and oxygen atoms in total. The van der Waals surface area contributed by atoms with Crippen LogP contribution in [0.25, 0.3) is 16.8 Å². The number of nitrogens with zero attached hydrogens (tertiary/aromatic N) is 1. The lowest BCUT2D eigenvalue weighted by Crippen LogP contribution is -2.32. The average molecular weight is 464 g/mol. The summed E-state index contributed by atoms with van der Waals surface area (Å²) in [7, 11) is 1.56. The Balaban J connectivity index is 1.56. The molecule has 1 saturated heterocycles. The van der Waals surface area contributed by atoms with Crippen LogP contribution in [-0.2, 0) is 4.79 Å². The third kappa shape index (κ3) is 4.98. The third-order valence-electron chi connectivity index (χ3n) is 5.08. The van der Waals surface area contributed by atoms with Crippen molar-refractivity contribution in [2.24, 2.45) is 0 Å². The summed E-state index contributed by atoms with van der Waals surface area (Å²) in [6.07, 6.45) is 1.73. The molecule has 0 bridgehead atoms. The van der Waals surface area contributed by atoms with Crippen LogP contribution in [0.15, 0.2) is 65.6 Å². The summed E-state index contributed by atoms with van der Waals surface area (Å²) in [5, 5.41) is 1.67. The van der Waals surface area contributed by atoms with Gasteiger partial charge in [-0.25, -0.2) is 0 Å². The van der Waals surface area contributed by atoms with Gasteiger partial charge in [0.05, 0.1) is 24.7 Å². The molecule has 1 fully saturated rings. The minimum atomic E-state index is -0.336. The van der Waals surface area contributed by atoms with Crippen LogP contribution in [0.1, 0.15) is 19.4 Å². The quantitative estimate of drug-likeness (QED) is 0.396. The largest absolute Gasteiger partial charge is 0.493 e. The second-order valence-corrected chi connectivity index (χ2v) is 8.69. The number of ether oxygens (including phenoxy) is 3. The summed E-state index contributed by atoms with van der Waals surface area (Å²) in [4.78, 5) is 27.2. The highest BCUT2D eigenvalue weighted by molar-refractivity contribution is 8.18. The molecule has 1 heterocycles. The molecule has 0 aromatic heterocycles. The van der Waals surface area contributed by atoms with Crippen molar-refractivity contribution in [1.29, 1.82) is 0 Å². The van der Waals surface area contributed by atoms with E-state index in [4.69, 9.17) is 14.2 Å². The molecular weight excluding hydrogens is 438 g/mol. The first-order valence-electron chi connectivity index (χ1n) is 10.7. The lowest BCUT2D eigenvalue weighted by atomic mass is 10.0. The van der Waals surface area contributed by atoms with Crippen LogP contribution in [0.4, 0.5) is 4.79 Å². The van der Waals surface area contributed by atoms with Gasteiger partial charge in [-0.2, -0.15) is 0 Å². The fourth-order valence-electron chi connectivity index (χ4n) is 3.59. The van der Waals surface area contributed by atoms with Gasteiger partial charge in [0, 0.05) is 5.56 Å². The van der Waals surface area contributed by atoms with Crippen LogP contribution in [0.3, 0.4) is 0 Å². The second-order valence-electron chi connectivity index (χ2n) is 7.70. The minimum Gasteiger partial charge on any atom is -0.493 e. The number of para-hydroxylation sites is 2. The second kappa shape index (κ2) is 10.0. The summed E-state index contributed by atoms with van der Waals surface area (Å²) in [6, 6.07) is 19.0. The molecule has 0 saturated carbocycles. The first-order chi connectivity index (χ1) is 16.0. The van der Waals surface area contributed by atoms with Crippen molar-refractivity contribution in [3.63, 3.8) is 0 Å². The SMILES string of the molecule is COc1ccccc1OCCN1C(=O)S/C(=C\c2c(OC(C)C)ccc3ccccc23)C1=O. The molecule has 3 aromatic carbocycles. The molecule has 4 rings (SSSR count). The number of carbonyl (C=O) groups is 2. The van der Waals surface area contributed by atoms with E-state index in [0.717, 1.165) is 28.1 Å². The maximum absolute atomic E-state index is 13.1. The van der Waals surface area contributed by atoms with Crippen molar-refractivity contribution in [2.45, 2.75) is 20.0 Å². The topological polar surface area (TPSA) is 65.1 Å². The number of benzene rings is 3. The number of imide groups is 1. The van der Waals surface area contributed by atoms with Crippen LogP contribution in [0.2, 0.25) is 0 Å². The maximum Gasteiger partial charge on any atom is 0.293 e. The molecular formula is C26H25NO5S. The fraction of sp³-hybridized carbons (Fsp3) is 0.231. The average Bonchev–Trinajstić information content (AvgIpc) is 3.08. The predicted octanol–water partition coefficient (Wildman–Crippen LogP) is 5.75. The zero-order chi connectivity index (χ0) is 23.4. The number of hydrogen-bond donors (Lipinski definition) is 0. The number of fused-ring (bicyclic) bond motifs is 1. The van der Waals surface area contributed by atoms with Gasteiger partial charge in [0.2, 0.25) is 0 Å². The summed E-state index contributed by atoms with van der Waals surface area (Å²) >= 11 is 0.929. The summed E-state index contributed by atoms with van der Waals surface area (Å²) < 4.78 is 17.0. The lowest BCUT2D eigenvalue weighted by molar-refractivity contribution is -0.123. The van der Waals surface area contributed by atoms with Crippen LogP contribution < -0.4 is 14.2 Å². The van der Waals surface area contributed by atoms with Gasteiger partial charge >= 0.3 is 0 Å². The van der Waals surface area contributed by atoms with Crippen LogP contribution in [0.5, 0.6) is 17.2 Å². The first-order valence-corrected chi connectivity index (χ1v) is 11.5. The van der Waals surface area contributed by atoms with Crippen LogP contribution in [0, 0.1) is 0 Å². The Morgan fingerprint density at radius 2 is 1.67 bits per heavy atom. The monoisotopic (exact) mass is 463 g/mol. The van der Waals surface area contributed by atoms with Crippen LogP contribution >= 0.6 is 11.8 Å². The van der Waals surface area contributed by atoms with Crippen molar-refractivity contribution in [3.05, 3.63) is 71.1 Å². The van der Waals surface area contributed by atoms with E-state index in [2.05, 4.69) is 0 Å². The highest BCUT2D eigenvalue weighted by Gasteiger charge is 2.35. The van der Waals surface area contributed by atoms with Crippen molar-refractivity contribution >= 4 is 39.8 Å². The number of methoxy groups -OCH3 is 1. The number of rotatable bonds is 8. The molecule has 0 unspecified atom stereocenters. The molecule has 3 aromatic rings. The van der Waals surface area contributed by atoms with Crippen molar-refractivity contribution in [1.82, 2.24) is 4.90 Å². The number of hydrogen-bond acceptors (Lipinski definition) is 6. The number of carbonyl (C=O) groups excluding carboxylic acids is 2. The molecule has 33 heavy (non-hydrogen) atoms. The van der Waals surface area contributed by atoms with E-state index in [9.17, 15) is 9.59 Å². The highest BCUT2D eigenvalue weighted by atomic mass is 32.2. The van der Waals surface area contributed by atoms with Crippen LogP contribution in [-0.4, -0.2) is 42.4 Å². The molecule has 0 N–H and O–H groups in total. The standard InChI is InChI=1S/C26H25NO5S/c1-17(2)32-21-13-12-18-8-4-5-9-19(18)20(21)16-24-25(28)27(26(29)33-24)14-15-31-23-11-7-6-10-22(23)30-3/h4-13,16-17H,14-15H2,1-3H3/b24-16-. The fourth-order valence-corrected chi connectivity index (χ4v) is 4.44. The Morgan fingerprint density at radius 1 is 0.939 bits per heavy atom. The molecule has 0 aliphatic carbocycles. The molecule has 1 aliphatic heterocycles.